The first kappa shape index (κ1) is 13.8. The van der Waals surface area contributed by atoms with E-state index in [2.05, 4.69) is 24.5 Å². The van der Waals surface area contributed by atoms with E-state index in [-0.39, 0.29) is 6.03 Å². The zero-order chi connectivity index (χ0) is 12.7. The number of carbonyl (C=O) groups excluding carboxylic acids is 1. The molecule has 0 unspecified atom stereocenters. The summed E-state index contributed by atoms with van der Waals surface area (Å²) < 4.78 is 0. The molecule has 0 aliphatic rings. The van der Waals surface area contributed by atoms with E-state index in [0.29, 0.717) is 19.0 Å². The summed E-state index contributed by atoms with van der Waals surface area (Å²) in [5.41, 5.74) is 1.05. The predicted octanol–water partition coefficient (Wildman–Crippen LogP) is 2.84. The van der Waals surface area contributed by atoms with Crippen molar-refractivity contribution >= 4 is 17.6 Å². The summed E-state index contributed by atoms with van der Waals surface area (Å²) in [4.78, 5) is 11.4. The number of rotatable bonds is 5. The molecule has 4 heteroatoms. The van der Waals surface area contributed by atoms with Gasteiger partial charge in [0.15, 0.2) is 0 Å². The van der Waals surface area contributed by atoms with Crippen molar-refractivity contribution in [3.63, 3.8) is 0 Å². The Morgan fingerprint density at radius 3 is 2.65 bits per heavy atom. The van der Waals surface area contributed by atoms with E-state index in [1.807, 2.05) is 24.3 Å². The predicted molar refractivity (Wildman–Crippen MR) is 71.4 cm³/mol. The molecule has 0 fully saturated rings. The fourth-order valence-electron chi connectivity index (χ4n) is 1.37. The van der Waals surface area contributed by atoms with Crippen molar-refractivity contribution in [2.45, 2.75) is 20.3 Å². The Bertz CT molecular complexity index is 366. The van der Waals surface area contributed by atoms with Gasteiger partial charge in [-0.15, -0.1) is 0 Å². The molecule has 0 aromatic heterocycles. The highest BCUT2D eigenvalue weighted by molar-refractivity contribution is 6.31. The van der Waals surface area contributed by atoms with Gasteiger partial charge in [-0.1, -0.05) is 43.6 Å². The molecule has 0 bridgehead atoms. The molecule has 1 rings (SSSR count). The van der Waals surface area contributed by atoms with Gasteiger partial charge >= 0.3 is 6.03 Å². The standard InChI is InChI=1S/C13H19ClN2O/c1-10(2)9-16-13(17)15-8-7-11-5-3-4-6-12(11)14/h3-6,10H,7-9H2,1-2H3,(H2,15,16,17). The largest absolute Gasteiger partial charge is 0.338 e. The van der Waals surface area contributed by atoms with Crippen LogP contribution in [0.4, 0.5) is 4.79 Å². The van der Waals surface area contributed by atoms with Crippen LogP contribution < -0.4 is 10.6 Å². The summed E-state index contributed by atoms with van der Waals surface area (Å²) in [6.07, 6.45) is 0.745. The van der Waals surface area contributed by atoms with Crippen molar-refractivity contribution in [3.05, 3.63) is 34.9 Å². The lowest BCUT2D eigenvalue weighted by molar-refractivity contribution is 0.239. The lowest BCUT2D eigenvalue weighted by Gasteiger charge is -2.09. The van der Waals surface area contributed by atoms with Gasteiger partial charge in [-0.3, -0.25) is 0 Å². The van der Waals surface area contributed by atoms with Crippen molar-refractivity contribution in [2.24, 2.45) is 5.92 Å². The lowest BCUT2D eigenvalue weighted by Crippen LogP contribution is -2.38. The van der Waals surface area contributed by atoms with Crippen molar-refractivity contribution in [3.8, 4) is 0 Å². The van der Waals surface area contributed by atoms with Crippen LogP contribution in [-0.4, -0.2) is 19.1 Å². The van der Waals surface area contributed by atoms with Crippen LogP contribution in [-0.2, 0) is 6.42 Å². The molecule has 0 spiro atoms. The highest BCUT2D eigenvalue weighted by Gasteiger charge is 2.02. The van der Waals surface area contributed by atoms with Crippen LogP contribution in [0.1, 0.15) is 19.4 Å². The van der Waals surface area contributed by atoms with Crippen molar-refractivity contribution in [2.75, 3.05) is 13.1 Å². The molecule has 1 aromatic carbocycles. The minimum atomic E-state index is -0.120. The second-order valence-corrected chi connectivity index (χ2v) is 4.78. The summed E-state index contributed by atoms with van der Waals surface area (Å²) in [6, 6.07) is 7.55. The number of nitrogens with one attached hydrogen (secondary N) is 2. The molecule has 2 amide bonds. The van der Waals surface area contributed by atoms with Crippen molar-refractivity contribution < 1.29 is 4.79 Å². The number of halogens is 1. The Morgan fingerprint density at radius 2 is 2.00 bits per heavy atom. The molecular formula is C13H19ClN2O. The molecule has 0 saturated heterocycles. The third kappa shape index (κ3) is 5.59. The molecule has 2 N–H and O–H groups in total. The van der Waals surface area contributed by atoms with E-state index in [0.717, 1.165) is 17.0 Å². The van der Waals surface area contributed by atoms with E-state index in [4.69, 9.17) is 11.6 Å². The minimum Gasteiger partial charge on any atom is -0.338 e. The van der Waals surface area contributed by atoms with Gasteiger partial charge in [0, 0.05) is 18.1 Å². The van der Waals surface area contributed by atoms with Crippen molar-refractivity contribution in [1.82, 2.24) is 10.6 Å². The topological polar surface area (TPSA) is 41.1 Å². The first-order valence-electron chi connectivity index (χ1n) is 5.84. The number of benzene rings is 1. The van der Waals surface area contributed by atoms with Crippen LogP contribution in [0.3, 0.4) is 0 Å². The summed E-state index contributed by atoms with van der Waals surface area (Å²) in [5, 5.41) is 6.35. The Labute approximate surface area is 108 Å². The van der Waals surface area contributed by atoms with Gasteiger partial charge in [-0.2, -0.15) is 0 Å². The van der Waals surface area contributed by atoms with Crippen LogP contribution in [0.15, 0.2) is 24.3 Å². The van der Waals surface area contributed by atoms with Crippen LogP contribution in [0, 0.1) is 5.92 Å². The number of hydrogen-bond donors (Lipinski definition) is 2. The van der Waals surface area contributed by atoms with Crippen LogP contribution >= 0.6 is 11.6 Å². The Kier molecular flexibility index (Phi) is 5.84. The Morgan fingerprint density at radius 1 is 1.29 bits per heavy atom. The average Bonchev–Trinajstić information content (AvgIpc) is 2.29. The second-order valence-electron chi connectivity index (χ2n) is 4.37. The van der Waals surface area contributed by atoms with Crippen LogP contribution in [0.25, 0.3) is 0 Å². The number of hydrogen-bond acceptors (Lipinski definition) is 1. The molecule has 0 radical (unpaired) electrons. The number of urea groups is 1. The van der Waals surface area contributed by atoms with Crippen molar-refractivity contribution in [1.29, 1.82) is 0 Å². The molecule has 0 atom stereocenters. The zero-order valence-corrected chi connectivity index (χ0v) is 11.1. The van der Waals surface area contributed by atoms with E-state index in [1.54, 1.807) is 0 Å². The summed E-state index contributed by atoms with van der Waals surface area (Å²) in [6.45, 7) is 5.40. The molecule has 0 heterocycles. The highest BCUT2D eigenvalue weighted by atomic mass is 35.5. The first-order valence-corrected chi connectivity index (χ1v) is 6.22. The molecule has 1 aromatic rings. The Balaban J connectivity index is 2.24. The zero-order valence-electron chi connectivity index (χ0n) is 10.3. The van der Waals surface area contributed by atoms with Gasteiger partial charge in [0.05, 0.1) is 0 Å². The normalized spacial score (nSPS) is 10.4. The maximum atomic E-state index is 11.4. The van der Waals surface area contributed by atoms with Gasteiger partial charge in [0.2, 0.25) is 0 Å². The van der Waals surface area contributed by atoms with Crippen LogP contribution in [0.5, 0.6) is 0 Å². The Hall–Kier alpha value is -1.22. The minimum absolute atomic E-state index is 0.120. The smallest absolute Gasteiger partial charge is 0.314 e. The lowest BCUT2D eigenvalue weighted by atomic mass is 10.1. The molecule has 17 heavy (non-hydrogen) atoms. The maximum Gasteiger partial charge on any atom is 0.314 e. The third-order valence-corrected chi connectivity index (χ3v) is 2.68. The van der Waals surface area contributed by atoms with Gasteiger partial charge in [-0.05, 0) is 24.0 Å². The quantitative estimate of drug-likeness (QED) is 0.834. The molecule has 3 nitrogen and oxygen atoms in total. The monoisotopic (exact) mass is 254 g/mol. The molecule has 0 aliphatic heterocycles. The van der Waals surface area contributed by atoms with E-state index >= 15 is 0 Å². The average molecular weight is 255 g/mol. The highest BCUT2D eigenvalue weighted by Crippen LogP contribution is 2.14. The maximum absolute atomic E-state index is 11.4. The van der Waals surface area contributed by atoms with Gasteiger partial charge in [0.25, 0.3) is 0 Å². The summed E-state index contributed by atoms with van der Waals surface area (Å²) in [7, 11) is 0. The molecule has 0 saturated carbocycles. The summed E-state index contributed by atoms with van der Waals surface area (Å²) >= 11 is 6.01. The fraction of sp³-hybridized carbons (Fsp3) is 0.462. The first-order chi connectivity index (χ1) is 8.09. The number of carbonyl (C=O) groups is 1. The molecule has 94 valence electrons. The van der Waals surface area contributed by atoms with E-state index in [1.165, 1.54) is 0 Å². The molecule has 0 aliphatic carbocycles. The SMILES string of the molecule is CC(C)CNC(=O)NCCc1ccccc1Cl. The van der Waals surface area contributed by atoms with Gasteiger partial charge < -0.3 is 10.6 Å². The third-order valence-electron chi connectivity index (χ3n) is 2.31. The van der Waals surface area contributed by atoms with Crippen LogP contribution in [0.2, 0.25) is 5.02 Å². The number of amides is 2. The molecular weight excluding hydrogens is 236 g/mol. The summed E-state index contributed by atoms with van der Waals surface area (Å²) in [5.74, 6) is 0.462. The fourth-order valence-corrected chi connectivity index (χ4v) is 1.60. The van der Waals surface area contributed by atoms with Gasteiger partial charge in [0.1, 0.15) is 0 Å². The van der Waals surface area contributed by atoms with E-state index < -0.39 is 0 Å². The van der Waals surface area contributed by atoms with Gasteiger partial charge in [-0.25, -0.2) is 4.79 Å². The van der Waals surface area contributed by atoms with E-state index in [9.17, 15) is 4.79 Å². The second kappa shape index (κ2) is 7.17.